The Morgan fingerprint density at radius 2 is 2.08 bits per heavy atom. The highest BCUT2D eigenvalue weighted by atomic mass is 35.5. The number of nitrogens with zero attached hydrogens (tertiary/aromatic N) is 3. The Balaban J connectivity index is 1.33. The molecule has 3 unspecified atom stereocenters. The van der Waals surface area contributed by atoms with Crippen LogP contribution < -0.4 is 5.73 Å². The van der Waals surface area contributed by atoms with Crippen molar-refractivity contribution in [2.24, 2.45) is 17.6 Å². The molecule has 2 aliphatic rings. The molecule has 1 amide bonds. The molecule has 132 valence electrons. The monoisotopic (exact) mass is 360 g/mol. The summed E-state index contributed by atoms with van der Waals surface area (Å²) < 4.78 is 5.27. The lowest BCUT2D eigenvalue weighted by atomic mass is 9.98. The molecule has 1 saturated carbocycles. The summed E-state index contributed by atoms with van der Waals surface area (Å²) in [5, 5.41) is 4.64. The number of hydrogen-bond acceptors (Lipinski definition) is 5. The molecule has 2 aromatic rings. The molecule has 0 spiro atoms. The molecule has 3 atom stereocenters. The molecule has 2 heterocycles. The summed E-state index contributed by atoms with van der Waals surface area (Å²) in [5.74, 6) is 2.20. The van der Waals surface area contributed by atoms with E-state index in [2.05, 4.69) is 10.1 Å². The molecule has 1 aliphatic carbocycles. The van der Waals surface area contributed by atoms with Gasteiger partial charge in [-0.25, -0.2) is 0 Å². The zero-order chi connectivity index (χ0) is 17.4. The van der Waals surface area contributed by atoms with Gasteiger partial charge >= 0.3 is 0 Å². The number of benzene rings is 1. The van der Waals surface area contributed by atoms with Gasteiger partial charge < -0.3 is 15.2 Å². The van der Waals surface area contributed by atoms with Crippen LogP contribution in [0, 0.1) is 11.8 Å². The predicted octanol–water partition coefficient (Wildman–Crippen LogP) is 2.52. The molecule has 0 radical (unpaired) electrons. The van der Waals surface area contributed by atoms with Gasteiger partial charge in [-0.15, -0.1) is 0 Å². The van der Waals surface area contributed by atoms with Crippen LogP contribution in [0.25, 0.3) is 11.4 Å². The van der Waals surface area contributed by atoms with Crippen molar-refractivity contribution in [3.8, 4) is 11.4 Å². The van der Waals surface area contributed by atoms with E-state index in [-0.39, 0.29) is 11.9 Å². The van der Waals surface area contributed by atoms with Gasteiger partial charge in [-0.2, -0.15) is 4.98 Å². The van der Waals surface area contributed by atoms with Crippen molar-refractivity contribution in [1.82, 2.24) is 15.0 Å². The average Bonchev–Trinajstić information content (AvgIpc) is 3.31. The summed E-state index contributed by atoms with van der Waals surface area (Å²) >= 11 is 5.88. The first-order valence-corrected chi connectivity index (χ1v) is 9.10. The number of likely N-dealkylation sites (tertiary alicyclic amines) is 1. The quantitative estimate of drug-likeness (QED) is 0.905. The van der Waals surface area contributed by atoms with E-state index in [1.54, 1.807) is 12.1 Å². The van der Waals surface area contributed by atoms with Crippen LogP contribution in [-0.4, -0.2) is 40.1 Å². The number of fused-ring (bicyclic) bond motifs is 1. The van der Waals surface area contributed by atoms with Crippen LogP contribution in [0.2, 0.25) is 5.02 Å². The van der Waals surface area contributed by atoms with E-state index in [0.717, 1.165) is 31.5 Å². The number of aromatic nitrogens is 2. The first kappa shape index (κ1) is 16.5. The Labute approximate surface area is 151 Å². The van der Waals surface area contributed by atoms with Gasteiger partial charge in [0.2, 0.25) is 17.6 Å². The molecule has 25 heavy (non-hydrogen) atoms. The van der Waals surface area contributed by atoms with Crippen LogP contribution in [-0.2, 0) is 11.2 Å². The number of halogens is 1. The average molecular weight is 361 g/mol. The second-order valence-electron chi connectivity index (χ2n) is 6.98. The maximum atomic E-state index is 12.5. The minimum atomic E-state index is 0.146. The third-order valence-electron chi connectivity index (χ3n) is 5.39. The van der Waals surface area contributed by atoms with E-state index in [1.807, 2.05) is 17.0 Å². The van der Waals surface area contributed by atoms with Crippen molar-refractivity contribution in [3.63, 3.8) is 0 Å². The Bertz CT molecular complexity index is 761. The van der Waals surface area contributed by atoms with Crippen molar-refractivity contribution in [3.05, 3.63) is 35.2 Å². The van der Waals surface area contributed by atoms with E-state index in [9.17, 15) is 4.79 Å². The molecule has 1 aliphatic heterocycles. The summed E-state index contributed by atoms with van der Waals surface area (Å²) in [7, 11) is 0. The maximum absolute atomic E-state index is 12.5. The fourth-order valence-electron chi connectivity index (χ4n) is 3.96. The lowest BCUT2D eigenvalue weighted by Crippen LogP contribution is -2.33. The standard InChI is InChI=1S/C18H21ClN4O2/c19-13-4-1-11(2-5-13)18-21-16(25-22-18)7-8-17(24)23-9-12-3-6-15(20)14(12)10-23/h1-2,4-5,12,14-15H,3,6-10,20H2. The highest BCUT2D eigenvalue weighted by Crippen LogP contribution is 2.37. The van der Waals surface area contributed by atoms with Gasteiger partial charge in [0.15, 0.2) is 0 Å². The number of nitrogens with two attached hydrogens (primary N) is 1. The van der Waals surface area contributed by atoms with Crippen molar-refractivity contribution >= 4 is 17.5 Å². The molecule has 2 N–H and O–H groups in total. The fraction of sp³-hybridized carbons (Fsp3) is 0.500. The second-order valence-corrected chi connectivity index (χ2v) is 7.42. The molecule has 1 aromatic heterocycles. The first-order chi connectivity index (χ1) is 12.1. The van der Waals surface area contributed by atoms with Gasteiger partial charge in [0.25, 0.3) is 0 Å². The lowest BCUT2D eigenvalue weighted by Gasteiger charge is -2.18. The largest absolute Gasteiger partial charge is 0.342 e. The molecule has 1 aromatic carbocycles. The van der Waals surface area contributed by atoms with Gasteiger partial charge in [0.1, 0.15) is 0 Å². The topological polar surface area (TPSA) is 85.2 Å². The second kappa shape index (κ2) is 6.77. The van der Waals surface area contributed by atoms with Gasteiger partial charge in [-0.05, 0) is 48.9 Å². The van der Waals surface area contributed by atoms with Crippen LogP contribution in [0.5, 0.6) is 0 Å². The SMILES string of the molecule is NC1CCC2CN(C(=O)CCc3nc(-c4ccc(Cl)cc4)no3)CC12. The fourth-order valence-corrected chi connectivity index (χ4v) is 4.08. The van der Waals surface area contributed by atoms with E-state index >= 15 is 0 Å². The summed E-state index contributed by atoms with van der Waals surface area (Å²) in [6.45, 7) is 1.64. The number of carbonyl (C=O) groups is 1. The summed E-state index contributed by atoms with van der Waals surface area (Å²) in [6.07, 6.45) is 3.07. The van der Waals surface area contributed by atoms with Crippen molar-refractivity contribution in [2.75, 3.05) is 13.1 Å². The van der Waals surface area contributed by atoms with Crippen LogP contribution in [0.1, 0.15) is 25.2 Å². The van der Waals surface area contributed by atoms with Crippen molar-refractivity contribution in [2.45, 2.75) is 31.7 Å². The highest BCUT2D eigenvalue weighted by Gasteiger charge is 2.42. The predicted molar refractivity (Wildman–Crippen MR) is 93.8 cm³/mol. The summed E-state index contributed by atoms with van der Waals surface area (Å²) in [6, 6.07) is 7.50. The molecule has 1 saturated heterocycles. The minimum absolute atomic E-state index is 0.146. The van der Waals surface area contributed by atoms with E-state index in [0.29, 0.717) is 41.4 Å². The molecule has 2 fully saturated rings. The molecule has 0 bridgehead atoms. The summed E-state index contributed by atoms with van der Waals surface area (Å²) in [4.78, 5) is 18.8. The van der Waals surface area contributed by atoms with E-state index in [1.165, 1.54) is 0 Å². The summed E-state index contributed by atoms with van der Waals surface area (Å²) in [5.41, 5.74) is 6.98. The van der Waals surface area contributed by atoms with Crippen molar-refractivity contribution in [1.29, 1.82) is 0 Å². The molecule has 6 nitrogen and oxygen atoms in total. The minimum Gasteiger partial charge on any atom is -0.342 e. The molecular formula is C18H21ClN4O2. The zero-order valence-corrected chi connectivity index (χ0v) is 14.7. The molecular weight excluding hydrogens is 340 g/mol. The number of rotatable bonds is 4. The zero-order valence-electron chi connectivity index (χ0n) is 13.9. The van der Waals surface area contributed by atoms with Gasteiger partial charge in [-0.1, -0.05) is 16.8 Å². The van der Waals surface area contributed by atoms with E-state index in [4.69, 9.17) is 21.9 Å². The number of carbonyl (C=O) groups excluding carboxylic acids is 1. The van der Waals surface area contributed by atoms with Gasteiger partial charge in [-0.3, -0.25) is 4.79 Å². The Kier molecular flexibility index (Phi) is 4.48. The van der Waals surface area contributed by atoms with Crippen molar-refractivity contribution < 1.29 is 9.32 Å². The molecule has 7 heteroatoms. The third kappa shape index (κ3) is 3.41. The Morgan fingerprint density at radius 1 is 1.28 bits per heavy atom. The number of amides is 1. The number of hydrogen-bond donors (Lipinski definition) is 1. The van der Waals surface area contributed by atoms with Gasteiger partial charge in [0.05, 0.1) is 0 Å². The highest BCUT2D eigenvalue weighted by molar-refractivity contribution is 6.30. The smallest absolute Gasteiger partial charge is 0.227 e. The third-order valence-corrected chi connectivity index (χ3v) is 5.64. The molecule has 4 rings (SSSR count). The van der Waals surface area contributed by atoms with Crippen LogP contribution in [0.3, 0.4) is 0 Å². The van der Waals surface area contributed by atoms with Crippen LogP contribution in [0.4, 0.5) is 0 Å². The van der Waals surface area contributed by atoms with Gasteiger partial charge in [0, 0.05) is 42.6 Å². The van der Waals surface area contributed by atoms with E-state index < -0.39 is 0 Å². The maximum Gasteiger partial charge on any atom is 0.227 e. The number of aryl methyl sites for hydroxylation is 1. The Hall–Kier alpha value is -1.92. The lowest BCUT2D eigenvalue weighted by molar-refractivity contribution is -0.130. The first-order valence-electron chi connectivity index (χ1n) is 8.72. The van der Waals surface area contributed by atoms with Crippen LogP contribution in [0.15, 0.2) is 28.8 Å². The normalized spacial score (nSPS) is 25.4. The Morgan fingerprint density at radius 3 is 2.84 bits per heavy atom. The van der Waals surface area contributed by atoms with Crippen LogP contribution >= 0.6 is 11.6 Å².